The van der Waals surface area contributed by atoms with E-state index in [9.17, 15) is 4.79 Å². The monoisotopic (exact) mass is 126 g/mol. The molecule has 2 atom stereocenters. The van der Waals surface area contributed by atoms with Crippen molar-refractivity contribution < 1.29 is 9.53 Å². The van der Waals surface area contributed by atoms with Gasteiger partial charge in [-0.25, -0.2) is 0 Å². The van der Waals surface area contributed by atoms with Crippen molar-refractivity contribution in [3.05, 3.63) is 0 Å². The van der Waals surface area contributed by atoms with Gasteiger partial charge < -0.3 is 4.74 Å². The van der Waals surface area contributed by atoms with E-state index >= 15 is 0 Å². The SMILES string of the molecule is O=C1OC[C@H]2CCC[C@@H]12. The van der Waals surface area contributed by atoms with Crippen LogP contribution in [0.25, 0.3) is 0 Å². The average Bonchev–Trinajstić information content (AvgIpc) is 2.35. The zero-order valence-electron chi connectivity index (χ0n) is 5.30. The zero-order valence-corrected chi connectivity index (χ0v) is 5.30. The highest BCUT2D eigenvalue weighted by Gasteiger charge is 2.39. The Balaban J connectivity index is 2.15. The summed E-state index contributed by atoms with van der Waals surface area (Å²) in [6, 6.07) is 0. The fraction of sp³-hybridized carbons (Fsp3) is 0.857. The number of hydrogen-bond acceptors (Lipinski definition) is 2. The average molecular weight is 126 g/mol. The summed E-state index contributed by atoms with van der Waals surface area (Å²) in [5.41, 5.74) is 0. The summed E-state index contributed by atoms with van der Waals surface area (Å²) in [5.74, 6) is 0.917. The number of hydrogen-bond donors (Lipinski definition) is 0. The zero-order chi connectivity index (χ0) is 6.27. The Hall–Kier alpha value is -0.530. The lowest BCUT2D eigenvalue weighted by Crippen LogP contribution is -2.07. The fourth-order valence-electron chi connectivity index (χ4n) is 1.84. The minimum absolute atomic E-state index is 0.0532. The third-order valence-corrected chi connectivity index (χ3v) is 2.40. The molecule has 0 bridgehead atoms. The number of fused-ring (bicyclic) bond motifs is 1. The highest BCUT2D eigenvalue weighted by Crippen LogP contribution is 2.36. The molecule has 0 radical (unpaired) electrons. The number of ether oxygens (including phenoxy) is 1. The van der Waals surface area contributed by atoms with Crippen LogP contribution in [0.15, 0.2) is 0 Å². The molecule has 0 N–H and O–H groups in total. The Morgan fingerprint density at radius 2 is 2.33 bits per heavy atom. The van der Waals surface area contributed by atoms with Gasteiger partial charge >= 0.3 is 5.97 Å². The molecule has 1 heterocycles. The summed E-state index contributed by atoms with van der Waals surface area (Å²) in [7, 11) is 0. The maximum atomic E-state index is 10.8. The van der Waals surface area contributed by atoms with Crippen LogP contribution in [-0.4, -0.2) is 12.6 Å². The van der Waals surface area contributed by atoms with Crippen molar-refractivity contribution in [3.8, 4) is 0 Å². The normalized spacial score (nSPS) is 40.7. The van der Waals surface area contributed by atoms with E-state index in [-0.39, 0.29) is 11.9 Å². The largest absolute Gasteiger partial charge is 0.465 e. The molecule has 0 spiro atoms. The number of carbonyl (C=O) groups is 1. The van der Waals surface area contributed by atoms with Crippen molar-refractivity contribution in [1.82, 2.24) is 0 Å². The summed E-state index contributed by atoms with van der Waals surface area (Å²) >= 11 is 0. The first-order chi connectivity index (χ1) is 4.38. The van der Waals surface area contributed by atoms with Crippen molar-refractivity contribution >= 4 is 5.97 Å². The van der Waals surface area contributed by atoms with E-state index in [2.05, 4.69) is 0 Å². The minimum atomic E-state index is 0.0532. The number of esters is 1. The van der Waals surface area contributed by atoms with Gasteiger partial charge in [0, 0.05) is 5.92 Å². The molecule has 2 heteroatoms. The second-order valence-electron chi connectivity index (χ2n) is 2.93. The lowest BCUT2D eigenvalue weighted by molar-refractivity contribution is -0.141. The van der Waals surface area contributed by atoms with Gasteiger partial charge in [0.15, 0.2) is 0 Å². The van der Waals surface area contributed by atoms with Crippen LogP contribution >= 0.6 is 0 Å². The molecule has 0 aromatic carbocycles. The van der Waals surface area contributed by atoms with Crippen molar-refractivity contribution in [2.45, 2.75) is 19.3 Å². The van der Waals surface area contributed by atoms with Gasteiger partial charge in [-0.1, -0.05) is 6.42 Å². The molecule has 0 aromatic rings. The van der Waals surface area contributed by atoms with Gasteiger partial charge in [0.1, 0.15) is 0 Å². The van der Waals surface area contributed by atoms with Gasteiger partial charge in [-0.15, -0.1) is 0 Å². The summed E-state index contributed by atoms with van der Waals surface area (Å²) in [5, 5.41) is 0. The van der Waals surface area contributed by atoms with Gasteiger partial charge in [0.25, 0.3) is 0 Å². The predicted molar refractivity (Wildman–Crippen MR) is 31.8 cm³/mol. The first kappa shape index (κ1) is 5.27. The van der Waals surface area contributed by atoms with Crippen molar-refractivity contribution in [2.75, 3.05) is 6.61 Å². The van der Waals surface area contributed by atoms with E-state index in [0.717, 1.165) is 6.42 Å². The maximum absolute atomic E-state index is 10.8. The molecule has 1 aliphatic heterocycles. The molecule has 2 rings (SSSR count). The Labute approximate surface area is 54.2 Å². The smallest absolute Gasteiger partial charge is 0.309 e. The number of carbonyl (C=O) groups excluding carboxylic acids is 1. The van der Waals surface area contributed by atoms with Crippen LogP contribution in [-0.2, 0) is 9.53 Å². The molecule has 1 aliphatic carbocycles. The third kappa shape index (κ3) is 0.655. The lowest BCUT2D eigenvalue weighted by Gasteiger charge is -1.97. The van der Waals surface area contributed by atoms with Crippen molar-refractivity contribution in [3.63, 3.8) is 0 Å². The van der Waals surface area contributed by atoms with E-state index in [4.69, 9.17) is 4.74 Å². The third-order valence-electron chi connectivity index (χ3n) is 2.40. The molecule has 2 fully saturated rings. The maximum Gasteiger partial charge on any atom is 0.309 e. The van der Waals surface area contributed by atoms with Gasteiger partial charge in [-0.05, 0) is 12.8 Å². The van der Waals surface area contributed by atoms with Crippen LogP contribution in [0.1, 0.15) is 19.3 Å². The summed E-state index contributed by atoms with van der Waals surface area (Å²) in [6.45, 7) is 0.698. The predicted octanol–water partition coefficient (Wildman–Crippen LogP) is 0.960. The topological polar surface area (TPSA) is 26.3 Å². The van der Waals surface area contributed by atoms with Crippen LogP contribution in [0, 0.1) is 11.8 Å². The number of cyclic esters (lactones) is 1. The lowest BCUT2D eigenvalue weighted by atomic mass is 10.0. The van der Waals surface area contributed by atoms with E-state index < -0.39 is 0 Å². The van der Waals surface area contributed by atoms with Crippen LogP contribution < -0.4 is 0 Å². The van der Waals surface area contributed by atoms with Crippen LogP contribution in [0.3, 0.4) is 0 Å². The second kappa shape index (κ2) is 1.72. The van der Waals surface area contributed by atoms with Crippen LogP contribution in [0.4, 0.5) is 0 Å². The highest BCUT2D eigenvalue weighted by molar-refractivity contribution is 5.75. The molecule has 0 amide bonds. The quantitative estimate of drug-likeness (QED) is 0.452. The molecule has 2 aliphatic rings. The Morgan fingerprint density at radius 1 is 1.44 bits per heavy atom. The van der Waals surface area contributed by atoms with Crippen molar-refractivity contribution in [2.24, 2.45) is 11.8 Å². The molecule has 1 saturated carbocycles. The molecule has 50 valence electrons. The Bertz CT molecular complexity index is 142. The summed E-state index contributed by atoms with van der Waals surface area (Å²) in [6.07, 6.45) is 3.50. The molecule has 0 unspecified atom stereocenters. The molecule has 2 nitrogen and oxygen atoms in total. The van der Waals surface area contributed by atoms with Gasteiger partial charge in [0.05, 0.1) is 12.5 Å². The fourth-order valence-corrected chi connectivity index (χ4v) is 1.84. The van der Waals surface area contributed by atoms with Crippen molar-refractivity contribution in [1.29, 1.82) is 0 Å². The molecular formula is C7H10O2. The molecule has 1 saturated heterocycles. The van der Waals surface area contributed by atoms with Crippen LogP contribution in [0.2, 0.25) is 0 Å². The summed E-state index contributed by atoms with van der Waals surface area (Å²) in [4.78, 5) is 10.8. The Morgan fingerprint density at radius 3 is 3.11 bits per heavy atom. The van der Waals surface area contributed by atoms with Gasteiger partial charge in [-0.2, -0.15) is 0 Å². The van der Waals surface area contributed by atoms with Gasteiger partial charge in [-0.3, -0.25) is 4.79 Å². The second-order valence-corrected chi connectivity index (χ2v) is 2.93. The van der Waals surface area contributed by atoms with Crippen LogP contribution in [0.5, 0.6) is 0 Å². The number of rotatable bonds is 0. The molecular weight excluding hydrogens is 116 g/mol. The Kier molecular flexibility index (Phi) is 1.01. The first-order valence-electron chi connectivity index (χ1n) is 3.54. The molecule has 9 heavy (non-hydrogen) atoms. The van der Waals surface area contributed by atoms with E-state index in [1.165, 1.54) is 12.8 Å². The van der Waals surface area contributed by atoms with E-state index in [1.807, 2.05) is 0 Å². The standard InChI is InChI=1S/C7H10O2/c8-7-6-3-1-2-5(6)4-9-7/h5-6H,1-4H2/t5-,6-/m1/s1. The van der Waals surface area contributed by atoms with E-state index in [1.54, 1.807) is 0 Å². The minimum Gasteiger partial charge on any atom is -0.465 e. The highest BCUT2D eigenvalue weighted by atomic mass is 16.5. The van der Waals surface area contributed by atoms with Gasteiger partial charge in [0.2, 0.25) is 0 Å². The van der Waals surface area contributed by atoms with E-state index in [0.29, 0.717) is 12.5 Å². The molecule has 0 aromatic heterocycles. The summed E-state index contributed by atoms with van der Waals surface area (Å²) < 4.78 is 4.88. The first-order valence-corrected chi connectivity index (χ1v) is 3.54.